The highest BCUT2D eigenvalue weighted by Crippen LogP contribution is 2.41. The van der Waals surface area contributed by atoms with Crippen LogP contribution in [0.2, 0.25) is 0 Å². The molecule has 4 heterocycles. The van der Waals surface area contributed by atoms with Gasteiger partial charge in [-0.25, -0.2) is 0 Å². The van der Waals surface area contributed by atoms with Crippen LogP contribution < -0.4 is 0 Å². The molecule has 4 fully saturated rings. The highest BCUT2D eigenvalue weighted by Gasteiger charge is 2.45. The largest absolute Gasteiger partial charge is 0.373 e. The second-order valence-corrected chi connectivity index (χ2v) is 11.2. The van der Waals surface area contributed by atoms with E-state index >= 15 is 0 Å². The maximum atomic E-state index is 11.3. The molecule has 0 aromatic carbocycles. The molecule has 7 atom stereocenters. The summed E-state index contributed by atoms with van der Waals surface area (Å²) in [6.45, 7) is 4.08. The van der Waals surface area contributed by atoms with Crippen molar-refractivity contribution in [1.29, 1.82) is 0 Å². The molecule has 10 heteroatoms. The summed E-state index contributed by atoms with van der Waals surface area (Å²) in [4.78, 5) is 0. The van der Waals surface area contributed by atoms with Crippen LogP contribution in [0.15, 0.2) is 0 Å². The van der Waals surface area contributed by atoms with Gasteiger partial charge in [0.15, 0.2) is 12.3 Å². The van der Waals surface area contributed by atoms with Crippen LogP contribution in [-0.4, -0.2) is 75.4 Å². The molecule has 7 unspecified atom stereocenters. The molecule has 0 aromatic heterocycles. The molecule has 0 aromatic rings. The zero-order valence-electron chi connectivity index (χ0n) is 14.3. The maximum absolute atomic E-state index is 11.3. The molecule has 4 rings (SSSR count). The summed E-state index contributed by atoms with van der Waals surface area (Å²) in [6, 6.07) is 0. The van der Waals surface area contributed by atoms with E-state index in [2.05, 4.69) is 0 Å². The summed E-state index contributed by atoms with van der Waals surface area (Å²) < 4.78 is 48.0. The first kappa shape index (κ1) is 66.0. The van der Waals surface area contributed by atoms with Crippen molar-refractivity contribution in [2.45, 2.75) is 132 Å². The van der Waals surface area contributed by atoms with E-state index in [1.165, 1.54) is 6.42 Å². The van der Waals surface area contributed by atoms with Gasteiger partial charge in [-0.3, -0.25) is 0 Å². The Morgan fingerprint density at radius 1 is 0.595 bits per heavy atom. The van der Waals surface area contributed by atoms with Gasteiger partial charge >= 0.3 is 15.6 Å². The standard InChI is InChI=1S/C8H15O3P.C7H12O4P2.12CH4/c1(7-5-9-7)3-11-12-4-2-8-6-10-8;8-12(6-4-10-6)2-1-3-13(9)7-5-11-7;;;;;;;;;;;;/h7-8,12H,1-6H2;6-7H,1-5H2;12*1H4/q;+2;;;;;;;;;;;;. The van der Waals surface area contributed by atoms with E-state index in [0.29, 0.717) is 46.6 Å². The van der Waals surface area contributed by atoms with Crippen molar-refractivity contribution in [2.24, 2.45) is 0 Å². The number of epoxide rings is 4. The van der Waals surface area contributed by atoms with Crippen molar-refractivity contribution >= 4 is 24.4 Å². The molecule has 37 heavy (non-hydrogen) atoms. The first-order valence-electron chi connectivity index (χ1n) is 8.91. The molecular weight excluding hydrogens is 529 g/mol. The topological polar surface area (TPSA) is 93.5 Å². The van der Waals surface area contributed by atoms with Crippen molar-refractivity contribution in [2.75, 3.05) is 51.5 Å². The minimum Gasteiger partial charge on any atom is -0.373 e. The fourth-order valence-electron chi connectivity index (χ4n) is 2.11. The summed E-state index contributed by atoms with van der Waals surface area (Å²) in [5.74, 6) is 0.00936. The van der Waals surface area contributed by atoms with E-state index in [-0.39, 0.29) is 101 Å². The molecule has 0 spiro atoms. The Kier molecular flexibility index (Phi) is 65.0. The van der Waals surface area contributed by atoms with Crippen molar-refractivity contribution in [3.63, 3.8) is 0 Å². The summed E-state index contributed by atoms with van der Waals surface area (Å²) in [5, 5.41) is 0. The van der Waals surface area contributed by atoms with Gasteiger partial charge in [0.1, 0.15) is 13.2 Å². The summed E-state index contributed by atoms with van der Waals surface area (Å²) in [5.41, 5.74) is 0. The third kappa shape index (κ3) is 34.4. The monoisotopic (exact) mass is 604 g/mol. The quantitative estimate of drug-likeness (QED) is 0.117. The van der Waals surface area contributed by atoms with Gasteiger partial charge in [0.2, 0.25) is 0 Å². The lowest BCUT2D eigenvalue weighted by molar-refractivity contribution is 0.310. The molecule has 4 saturated heterocycles. The van der Waals surface area contributed by atoms with Gasteiger partial charge in [-0.2, -0.15) is 0 Å². The summed E-state index contributed by atoms with van der Waals surface area (Å²) in [6.07, 6.45) is 6.56. The Morgan fingerprint density at radius 2 is 0.946 bits per heavy atom. The van der Waals surface area contributed by atoms with Crippen LogP contribution in [-0.2, 0) is 32.6 Å². The Hall–Kier alpha value is 0.430. The van der Waals surface area contributed by atoms with Crippen LogP contribution in [0.4, 0.5) is 0 Å². The predicted molar refractivity (Wildman–Crippen MR) is 178 cm³/mol. The Labute approximate surface area is 240 Å². The second kappa shape index (κ2) is 36.4. The van der Waals surface area contributed by atoms with Crippen LogP contribution >= 0.6 is 24.4 Å². The van der Waals surface area contributed by atoms with Crippen LogP contribution in [0.25, 0.3) is 0 Å². The van der Waals surface area contributed by atoms with Crippen molar-refractivity contribution in [3.8, 4) is 0 Å². The molecule has 0 amide bonds. The normalized spacial score (nSPS) is 22.2. The average Bonchev–Trinajstić information content (AvgIpc) is 3.49. The average molecular weight is 605 g/mol. The van der Waals surface area contributed by atoms with E-state index in [1.54, 1.807) is 0 Å². The molecule has 0 saturated carbocycles. The van der Waals surface area contributed by atoms with Crippen molar-refractivity contribution in [1.82, 2.24) is 0 Å². The zero-order valence-corrected chi connectivity index (χ0v) is 17.1. The van der Waals surface area contributed by atoms with Crippen molar-refractivity contribution in [3.05, 3.63) is 0 Å². The van der Waals surface area contributed by atoms with E-state index in [0.717, 1.165) is 38.8 Å². The van der Waals surface area contributed by atoms with E-state index in [9.17, 15) is 9.13 Å². The van der Waals surface area contributed by atoms with Gasteiger partial charge in [-0.05, 0) is 19.0 Å². The first-order valence-corrected chi connectivity index (χ1v) is 13.1. The first-order chi connectivity index (χ1) is 12.2. The lowest BCUT2D eigenvalue weighted by Gasteiger charge is -2.00. The molecule has 0 radical (unpaired) electrons. The lowest BCUT2D eigenvalue weighted by atomic mass is 10.4. The molecule has 238 valence electrons. The van der Waals surface area contributed by atoms with Crippen LogP contribution in [0, 0.1) is 0 Å². The van der Waals surface area contributed by atoms with Crippen LogP contribution in [0.5, 0.6) is 0 Å². The van der Waals surface area contributed by atoms with Crippen molar-refractivity contribution < 1.29 is 32.6 Å². The molecule has 4 aliphatic heterocycles. The minimum absolute atomic E-state index is 0. The van der Waals surface area contributed by atoms with E-state index in [4.69, 9.17) is 23.5 Å². The number of rotatable bonds is 13. The highest BCUT2D eigenvalue weighted by molar-refractivity contribution is 7.46. The maximum Gasteiger partial charge on any atom is 0.372 e. The Balaban J connectivity index is -0.0000000372. The molecule has 4 aliphatic rings. The zero-order chi connectivity index (χ0) is 17.5. The predicted octanol–water partition coefficient (Wildman–Crippen LogP) is 10.6. The van der Waals surface area contributed by atoms with Gasteiger partial charge < -0.3 is 23.5 Å². The fraction of sp³-hybridized carbons (Fsp3) is 1.00. The molecular formula is C27H75O7P3+2. The van der Waals surface area contributed by atoms with Crippen LogP contribution in [0.3, 0.4) is 0 Å². The van der Waals surface area contributed by atoms with Gasteiger partial charge in [0, 0.05) is 15.2 Å². The van der Waals surface area contributed by atoms with E-state index in [1.807, 2.05) is 0 Å². The Bertz CT molecular complexity index is 415. The second-order valence-electron chi connectivity index (χ2n) is 6.44. The van der Waals surface area contributed by atoms with Gasteiger partial charge in [-0.15, -0.1) is 0 Å². The Morgan fingerprint density at radius 3 is 1.27 bits per heavy atom. The molecule has 0 bridgehead atoms. The summed E-state index contributed by atoms with van der Waals surface area (Å²) >= 11 is 0. The highest BCUT2D eigenvalue weighted by atomic mass is 31.1. The van der Waals surface area contributed by atoms with Crippen LogP contribution in [0.1, 0.15) is 108 Å². The van der Waals surface area contributed by atoms with Gasteiger partial charge in [0.05, 0.1) is 32.0 Å². The van der Waals surface area contributed by atoms with Gasteiger partial charge in [-0.1, -0.05) is 98.2 Å². The third-order valence-electron chi connectivity index (χ3n) is 4.05. The SMILES string of the molecule is C.C.C.C.C.C.C.C.C.C.C.C.C(CC1CO1)OPCCC1CO1.O=[P+](CCC[P+](=O)C1CO1)C1CO1. The molecule has 0 N–H and O–H groups in total. The van der Waals surface area contributed by atoms with Gasteiger partial charge in [0.25, 0.3) is 11.7 Å². The molecule has 0 aliphatic carbocycles. The summed E-state index contributed by atoms with van der Waals surface area (Å²) in [7, 11) is -1.74. The van der Waals surface area contributed by atoms with E-state index < -0.39 is 15.6 Å². The smallest absolute Gasteiger partial charge is 0.372 e. The number of hydrogen-bond donors (Lipinski definition) is 0. The fourth-order valence-corrected chi connectivity index (χ4v) is 5.56. The lowest BCUT2D eigenvalue weighted by Crippen LogP contribution is -1.93. The number of hydrogen-bond acceptors (Lipinski definition) is 7. The number of ether oxygens (including phenoxy) is 4. The minimum atomic E-state index is -1.20. The molecule has 7 nitrogen and oxygen atoms in total. The third-order valence-corrected chi connectivity index (χ3v) is 8.34.